The Morgan fingerprint density at radius 3 is 2.85 bits per heavy atom. The quantitative estimate of drug-likeness (QED) is 0.754. The second-order valence-electron chi connectivity index (χ2n) is 4.12. The first-order chi connectivity index (χ1) is 9.70. The van der Waals surface area contributed by atoms with Crippen LogP contribution in [0.2, 0.25) is 5.28 Å². The molecule has 2 heterocycles. The van der Waals surface area contributed by atoms with Gasteiger partial charge in [0.25, 0.3) is 0 Å². The van der Waals surface area contributed by atoms with Gasteiger partial charge in [0, 0.05) is 6.54 Å². The van der Waals surface area contributed by atoms with Crippen molar-refractivity contribution in [2.24, 2.45) is 0 Å². The number of halogens is 2. The summed E-state index contributed by atoms with van der Waals surface area (Å²) in [5, 5.41) is 8.06. The van der Waals surface area contributed by atoms with Crippen LogP contribution in [-0.4, -0.2) is 26.3 Å². The molecule has 0 aliphatic carbocycles. The van der Waals surface area contributed by atoms with E-state index in [0.29, 0.717) is 29.1 Å². The van der Waals surface area contributed by atoms with Crippen molar-refractivity contribution in [3.8, 4) is 5.69 Å². The van der Waals surface area contributed by atoms with Crippen molar-refractivity contribution in [1.82, 2.24) is 19.7 Å². The highest BCUT2D eigenvalue weighted by atomic mass is 35.5. The minimum absolute atomic E-state index is 0.0894. The average molecular weight is 292 g/mol. The number of nitrogens with zero attached hydrogens (tertiary/aromatic N) is 4. The first kappa shape index (κ1) is 12.8. The van der Waals surface area contributed by atoms with Gasteiger partial charge in [0.2, 0.25) is 5.28 Å². The van der Waals surface area contributed by atoms with Gasteiger partial charge in [0.05, 0.1) is 11.6 Å². The van der Waals surface area contributed by atoms with Gasteiger partial charge in [-0.1, -0.05) is 12.1 Å². The van der Waals surface area contributed by atoms with Gasteiger partial charge in [0.15, 0.2) is 5.65 Å². The third-order valence-electron chi connectivity index (χ3n) is 2.83. The van der Waals surface area contributed by atoms with Gasteiger partial charge in [-0.2, -0.15) is 15.1 Å². The molecule has 3 aromatic rings. The number of rotatable bonds is 3. The molecule has 0 saturated carbocycles. The summed E-state index contributed by atoms with van der Waals surface area (Å²) >= 11 is 5.92. The lowest BCUT2D eigenvalue weighted by molar-refractivity contribution is 0.612. The lowest BCUT2D eigenvalue weighted by Crippen LogP contribution is -2.04. The monoisotopic (exact) mass is 291 g/mol. The molecule has 0 aliphatic rings. The largest absolute Gasteiger partial charge is 0.370 e. The Morgan fingerprint density at radius 2 is 2.10 bits per heavy atom. The number of aromatic nitrogens is 4. The van der Waals surface area contributed by atoms with E-state index in [4.69, 9.17) is 11.6 Å². The molecule has 3 rings (SSSR count). The van der Waals surface area contributed by atoms with Crippen LogP contribution in [0.5, 0.6) is 0 Å². The van der Waals surface area contributed by atoms with Gasteiger partial charge in [-0.15, -0.1) is 0 Å². The molecule has 0 unspecified atom stereocenters. The van der Waals surface area contributed by atoms with Gasteiger partial charge < -0.3 is 5.32 Å². The van der Waals surface area contributed by atoms with Gasteiger partial charge in [-0.3, -0.25) is 0 Å². The Bertz CT molecular complexity index is 771. The maximum atomic E-state index is 13.9. The van der Waals surface area contributed by atoms with Crippen LogP contribution in [0.15, 0.2) is 30.5 Å². The van der Waals surface area contributed by atoms with Gasteiger partial charge in [-0.25, -0.2) is 9.07 Å². The Morgan fingerprint density at radius 1 is 1.30 bits per heavy atom. The summed E-state index contributed by atoms with van der Waals surface area (Å²) in [7, 11) is 0. The maximum absolute atomic E-state index is 13.9. The average Bonchev–Trinajstić information content (AvgIpc) is 2.83. The summed E-state index contributed by atoms with van der Waals surface area (Å²) in [5.41, 5.74) is 0.783. The molecule has 1 N–H and O–H groups in total. The molecule has 1 aromatic carbocycles. The minimum Gasteiger partial charge on any atom is -0.370 e. The lowest BCUT2D eigenvalue weighted by atomic mass is 10.3. The van der Waals surface area contributed by atoms with Crippen molar-refractivity contribution >= 4 is 28.5 Å². The van der Waals surface area contributed by atoms with E-state index in [1.54, 1.807) is 24.4 Å². The molecule has 7 heteroatoms. The van der Waals surface area contributed by atoms with E-state index in [9.17, 15) is 4.39 Å². The fourth-order valence-electron chi connectivity index (χ4n) is 1.98. The Labute approximate surface area is 119 Å². The summed E-state index contributed by atoms with van der Waals surface area (Å²) in [4.78, 5) is 8.26. The van der Waals surface area contributed by atoms with Crippen molar-refractivity contribution in [3.05, 3.63) is 41.6 Å². The van der Waals surface area contributed by atoms with Crippen molar-refractivity contribution in [1.29, 1.82) is 0 Å². The van der Waals surface area contributed by atoms with Crippen LogP contribution in [0.1, 0.15) is 6.92 Å². The molecule has 0 amide bonds. The molecular weight excluding hydrogens is 281 g/mol. The predicted octanol–water partition coefficient (Wildman–Crippen LogP) is 3.04. The number of fused-ring (bicyclic) bond motifs is 1. The Kier molecular flexibility index (Phi) is 3.23. The molecule has 0 saturated heterocycles. The first-order valence-electron chi connectivity index (χ1n) is 6.10. The number of hydrogen-bond acceptors (Lipinski definition) is 4. The molecule has 0 spiro atoms. The van der Waals surface area contributed by atoms with Crippen LogP contribution < -0.4 is 5.32 Å². The SMILES string of the molecule is CCNc1nc(Cl)nc2c1cnn2-c1ccccc1F. The number of hydrogen-bond donors (Lipinski definition) is 1. The van der Waals surface area contributed by atoms with Crippen molar-refractivity contribution in [3.63, 3.8) is 0 Å². The molecule has 20 heavy (non-hydrogen) atoms. The summed E-state index contributed by atoms with van der Waals surface area (Å²) < 4.78 is 15.3. The normalized spacial score (nSPS) is 10.9. The van der Waals surface area contributed by atoms with Crippen LogP contribution in [0.3, 0.4) is 0 Å². The lowest BCUT2D eigenvalue weighted by Gasteiger charge is -2.06. The van der Waals surface area contributed by atoms with E-state index >= 15 is 0 Å². The summed E-state index contributed by atoms with van der Waals surface area (Å²) in [6, 6.07) is 6.36. The number of benzene rings is 1. The summed E-state index contributed by atoms with van der Waals surface area (Å²) in [5.74, 6) is 0.210. The first-order valence-corrected chi connectivity index (χ1v) is 6.48. The molecule has 102 valence electrons. The predicted molar refractivity (Wildman–Crippen MR) is 75.8 cm³/mol. The van der Waals surface area contributed by atoms with Crippen molar-refractivity contribution in [2.45, 2.75) is 6.92 Å². The minimum atomic E-state index is -0.378. The standard InChI is InChI=1S/C13H11ClFN5/c1-2-16-11-8-7-17-20(12(8)19-13(14)18-11)10-6-4-3-5-9(10)15/h3-7H,2H2,1H3,(H,16,18,19). The van der Waals surface area contributed by atoms with E-state index in [1.807, 2.05) is 6.92 Å². The highest BCUT2D eigenvalue weighted by Crippen LogP contribution is 2.24. The second-order valence-corrected chi connectivity index (χ2v) is 4.45. The molecule has 2 aromatic heterocycles. The number of para-hydroxylation sites is 1. The smallest absolute Gasteiger partial charge is 0.226 e. The molecule has 0 radical (unpaired) electrons. The third kappa shape index (κ3) is 2.08. The fourth-order valence-corrected chi connectivity index (χ4v) is 2.15. The Balaban J connectivity index is 2.26. The molecule has 5 nitrogen and oxygen atoms in total. The second kappa shape index (κ2) is 5.05. The fraction of sp³-hybridized carbons (Fsp3) is 0.154. The zero-order valence-corrected chi connectivity index (χ0v) is 11.4. The molecule has 0 aliphatic heterocycles. The van der Waals surface area contributed by atoms with Crippen LogP contribution in [0.4, 0.5) is 10.2 Å². The molecule has 0 fully saturated rings. The van der Waals surface area contributed by atoms with E-state index in [1.165, 1.54) is 10.7 Å². The topological polar surface area (TPSA) is 55.6 Å². The van der Waals surface area contributed by atoms with Crippen molar-refractivity contribution in [2.75, 3.05) is 11.9 Å². The third-order valence-corrected chi connectivity index (χ3v) is 3.00. The maximum Gasteiger partial charge on any atom is 0.226 e. The highest BCUT2D eigenvalue weighted by molar-refractivity contribution is 6.28. The summed E-state index contributed by atoms with van der Waals surface area (Å²) in [6.07, 6.45) is 1.59. The van der Waals surface area contributed by atoms with Gasteiger partial charge >= 0.3 is 0 Å². The highest BCUT2D eigenvalue weighted by Gasteiger charge is 2.14. The van der Waals surface area contributed by atoms with Crippen molar-refractivity contribution < 1.29 is 4.39 Å². The molecular formula is C13H11ClFN5. The Hall–Kier alpha value is -2.21. The van der Waals surface area contributed by atoms with Crippen LogP contribution in [0.25, 0.3) is 16.7 Å². The van der Waals surface area contributed by atoms with E-state index in [2.05, 4.69) is 20.4 Å². The van der Waals surface area contributed by atoms with E-state index < -0.39 is 0 Å². The zero-order chi connectivity index (χ0) is 14.1. The van der Waals surface area contributed by atoms with E-state index in [-0.39, 0.29) is 11.1 Å². The summed E-state index contributed by atoms with van der Waals surface area (Å²) in [6.45, 7) is 2.64. The van der Waals surface area contributed by atoms with Gasteiger partial charge in [-0.05, 0) is 30.7 Å². The number of nitrogens with one attached hydrogen (secondary N) is 1. The molecule has 0 atom stereocenters. The van der Waals surface area contributed by atoms with Crippen LogP contribution >= 0.6 is 11.6 Å². The van der Waals surface area contributed by atoms with Crippen LogP contribution in [0, 0.1) is 5.82 Å². The molecule has 0 bridgehead atoms. The number of anilines is 1. The van der Waals surface area contributed by atoms with E-state index in [0.717, 1.165) is 0 Å². The van der Waals surface area contributed by atoms with Crippen LogP contribution in [-0.2, 0) is 0 Å². The zero-order valence-electron chi connectivity index (χ0n) is 10.6. The van der Waals surface area contributed by atoms with Gasteiger partial charge in [0.1, 0.15) is 17.3 Å².